The molecule has 0 atom stereocenters. The minimum absolute atomic E-state index is 0.0456. The molecule has 24 heavy (non-hydrogen) atoms. The lowest BCUT2D eigenvalue weighted by Crippen LogP contribution is -2.51. The van der Waals surface area contributed by atoms with Crippen LogP contribution in [-0.2, 0) is 12.1 Å². The van der Waals surface area contributed by atoms with E-state index < -0.39 is 33.9 Å². The maximum Gasteiger partial charge on any atom is 0.437 e. The van der Waals surface area contributed by atoms with E-state index in [9.17, 15) is 30.7 Å². The largest absolute Gasteiger partial charge is 0.437 e. The molecule has 0 saturated carbocycles. The van der Waals surface area contributed by atoms with E-state index in [2.05, 4.69) is 27.0 Å². The normalized spacial score (nSPS) is 13.4. The third kappa shape index (κ3) is 3.30. The van der Waals surface area contributed by atoms with Crippen molar-refractivity contribution in [2.24, 2.45) is 0 Å². The van der Waals surface area contributed by atoms with Crippen molar-refractivity contribution < 1.29 is 30.7 Å². The number of hydrogen-bond acceptors (Lipinski definition) is 2. The summed E-state index contributed by atoms with van der Waals surface area (Å²) >= 11 is 3.81. The standard InChI is InChI=1S/C14H8BrF7NS/c1-7-5-10(15)23-11(9(7)6-8-3-2-4-24-8)12(16,13(17,18)19)14(20,21)22/h2-4H,6H2,1H3. The fourth-order valence-corrected chi connectivity index (χ4v) is 3.31. The van der Waals surface area contributed by atoms with Crippen molar-refractivity contribution in [2.75, 3.05) is 0 Å². The molecule has 0 aliphatic rings. The second kappa shape index (κ2) is 6.29. The molecule has 0 spiro atoms. The summed E-state index contributed by atoms with van der Waals surface area (Å²) in [4.78, 5) is 3.65. The van der Waals surface area contributed by atoms with Gasteiger partial charge in [-0.05, 0) is 45.4 Å². The molecule has 0 aliphatic carbocycles. The van der Waals surface area contributed by atoms with E-state index in [0.29, 0.717) is 4.88 Å². The van der Waals surface area contributed by atoms with Crippen LogP contribution < -0.4 is 0 Å². The third-order valence-corrected chi connectivity index (χ3v) is 4.53. The van der Waals surface area contributed by atoms with E-state index in [4.69, 9.17) is 0 Å². The van der Waals surface area contributed by atoms with Crippen LogP contribution in [0.4, 0.5) is 30.7 Å². The van der Waals surface area contributed by atoms with Gasteiger partial charge in [-0.25, -0.2) is 9.37 Å². The molecule has 0 saturated heterocycles. The monoisotopic (exact) mass is 434 g/mol. The number of nitrogens with zero attached hydrogens (tertiary/aromatic N) is 1. The van der Waals surface area contributed by atoms with E-state index in [0.717, 1.165) is 11.3 Å². The molecule has 0 N–H and O–H groups in total. The first kappa shape index (κ1) is 19.2. The predicted molar refractivity (Wildman–Crippen MR) is 77.5 cm³/mol. The van der Waals surface area contributed by atoms with Gasteiger partial charge in [-0.1, -0.05) is 6.07 Å². The Labute approximate surface area is 144 Å². The number of aromatic nitrogens is 1. The number of pyridine rings is 1. The van der Waals surface area contributed by atoms with E-state index >= 15 is 0 Å². The summed E-state index contributed by atoms with van der Waals surface area (Å²) in [5.41, 5.74) is -7.82. The van der Waals surface area contributed by atoms with Gasteiger partial charge in [0, 0.05) is 17.4 Å². The van der Waals surface area contributed by atoms with Gasteiger partial charge < -0.3 is 0 Å². The maximum atomic E-state index is 14.4. The van der Waals surface area contributed by atoms with Crippen molar-refractivity contribution in [3.63, 3.8) is 0 Å². The van der Waals surface area contributed by atoms with Crippen LogP contribution in [0.1, 0.15) is 21.7 Å². The lowest BCUT2D eigenvalue weighted by atomic mass is 9.91. The Kier molecular flexibility index (Phi) is 5.02. The average molecular weight is 435 g/mol. The molecule has 10 heteroatoms. The Morgan fingerprint density at radius 1 is 1.12 bits per heavy atom. The molecule has 0 bridgehead atoms. The van der Waals surface area contributed by atoms with E-state index in [1.54, 1.807) is 11.4 Å². The van der Waals surface area contributed by atoms with Crippen LogP contribution in [0, 0.1) is 13.0 Å². The van der Waals surface area contributed by atoms with Crippen LogP contribution >= 0.6 is 27.3 Å². The maximum absolute atomic E-state index is 14.4. The van der Waals surface area contributed by atoms with Gasteiger partial charge in [-0.3, -0.25) is 0 Å². The molecule has 0 fully saturated rings. The van der Waals surface area contributed by atoms with Gasteiger partial charge in [-0.15, -0.1) is 11.3 Å². The van der Waals surface area contributed by atoms with Crippen molar-refractivity contribution >= 4 is 27.3 Å². The molecule has 1 nitrogen and oxygen atoms in total. The molecule has 0 aliphatic heterocycles. The quantitative estimate of drug-likeness (QED) is 0.433. The Morgan fingerprint density at radius 3 is 2.17 bits per heavy atom. The van der Waals surface area contributed by atoms with Gasteiger partial charge in [0.2, 0.25) is 0 Å². The van der Waals surface area contributed by atoms with Gasteiger partial charge in [-0.2, -0.15) is 26.3 Å². The summed E-state index contributed by atoms with van der Waals surface area (Å²) in [6.07, 6.45) is -12.7. The van der Waals surface area contributed by atoms with Gasteiger partial charge >= 0.3 is 18.0 Å². The van der Waals surface area contributed by atoms with Gasteiger partial charge in [0.05, 0.1) is 0 Å². The van der Waals surface area contributed by atoms with Gasteiger partial charge in [0.15, 0.2) is 0 Å². The van der Waals surface area contributed by atoms with Crippen molar-refractivity contribution in [1.29, 1.82) is 0 Å². The summed E-state index contributed by atoms with van der Waals surface area (Å²) in [7, 11) is 0. The highest BCUT2D eigenvalue weighted by Crippen LogP contribution is 2.54. The summed E-state index contributed by atoms with van der Waals surface area (Å²) in [6, 6.07) is 5.58. The first-order valence-electron chi connectivity index (χ1n) is 6.31. The summed E-state index contributed by atoms with van der Waals surface area (Å²) in [6.45, 7) is 1.26. The fourth-order valence-electron chi connectivity index (χ4n) is 2.12. The van der Waals surface area contributed by atoms with E-state index in [-0.39, 0.29) is 12.0 Å². The summed E-state index contributed by atoms with van der Waals surface area (Å²) < 4.78 is 92.3. The van der Waals surface area contributed by atoms with E-state index in [1.807, 2.05) is 0 Å². The minimum Gasteiger partial charge on any atom is -0.241 e. The highest BCUT2D eigenvalue weighted by molar-refractivity contribution is 9.10. The Morgan fingerprint density at radius 2 is 1.71 bits per heavy atom. The highest BCUT2D eigenvalue weighted by atomic mass is 79.9. The molecule has 2 rings (SSSR count). The molecule has 1 radical (unpaired) electrons. The first-order chi connectivity index (χ1) is 10.9. The first-order valence-corrected chi connectivity index (χ1v) is 7.98. The second-order valence-electron chi connectivity index (χ2n) is 4.89. The van der Waals surface area contributed by atoms with Gasteiger partial charge in [0.25, 0.3) is 0 Å². The molecule has 0 amide bonds. The van der Waals surface area contributed by atoms with Crippen molar-refractivity contribution in [3.8, 4) is 0 Å². The summed E-state index contributed by atoms with van der Waals surface area (Å²) in [5.74, 6) is 0. The Bertz CT molecular complexity index is 708. The third-order valence-electron chi connectivity index (χ3n) is 3.28. The van der Waals surface area contributed by atoms with Crippen LogP contribution in [0.5, 0.6) is 0 Å². The fraction of sp³-hybridized carbons (Fsp3) is 0.357. The van der Waals surface area contributed by atoms with Crippen molar-refractivity contribution in [3.05, 3.63) is 49.9 Å². The van der Waals surface area contributed by atoms with Crippen LogP contribution in [-0.4, -0.2) is 17.3 Å². The molecular formula is C14H8BrF7NS. The zero-order chi connectivity index (χ0) is 18.3. The van der Waals surface area contributed by atoms with Crippen LogP contribution in [0.25, 0.3) is 0 Å². The molecule has 2 aromatic heterocycles. The molecule has 2 aromatic rings. The zero-order valence-corrected chi connectivity index (χ0v) is 14.2. The Hall–Kier alpha value is -1.16. The number of alkyl halides is 7. The zero-order valence-electron chi connectivity index (χ0n) is 11.8. The van der Waals surface area contributed by atoms with E-state index in [1.165, 1.54) is 13.0 Å². The Balaban J connectivity index is 2.75. The molecule has 131 valence electrons. The SMILES string of the molecule is Cc1[c]c(Br)nc(C(F)(C(F)(F)F)C(F)(F)F)c1Cc1cccs1. The number of hydrogen-bond donors (Lipinski definition) is 0. The summed E-state index contributed by atoms with van der Waals surface area (Å²) in [5, 5.41) is 1.61. The van der Waals surface area contributed by atoms with Crippen LogP contribution in [0.2, 0.25) is 0 Å². The van der Waals surface area contributed by atoms with Crippen LogP contribution in [0.3, 0.4) is 0 Å². The van der Waals surface area contributed by atoms with Gasteiger partial charge in [0.1, 0.15) is 10.3 Å². The number of aryl methyl sites for hydroxylation is 1. The smallest absolute Gasteiger partial charge is 0.241 e. The second-order valence-corrected chi connectivity index (χ2v) is 6.67. The number of thiophene rings is 1. The molecule has 2 heterocycles. The van der Waals surface area contributed by atoms with Crippen molar-refractivity contribution in [1.82, 2.24) is 4.98 Å². The lowest BCUT2D eigenvalue weighted by Gasteiger charge is -2.31. The minimum atomic E-state index is -6.21. The molecule has 0 unspecified atom stereocenters. The predicted octanol–water partition coefficient (Wildman–Crippen LogP) is 5.89. The lowest BCUT2D eigenvalue weighted by molar-refractivity contribution is -0.350. The molecule has 0 aromatic carbocycles. The highest BCUT2D eigenvalue weighted by Gasteiger charge is 2.75. The number of halogens is 8. The molecular weight excluding hydrogens is 427 g/mol. The topological polar surface area (TPSA) is 12.9 Å². The van der Waals surface area contributed by atoms with Crippen molar-refractivity contribution in [2.45, 2.75) is 31.4 Å². The average Bonchev–Trinajstić information content (AvgIpc) is 2.91. The number of rotatable bonds is 3. The van der Waals surface area contributed by atoms with Crippen LogP contribution in [0.15, 0.2) is 22.1 Å².